The molecule has 0 saturated carbocycles. The molecule has 0 radical (unpaired) electrons. The molecule has 0 aliphatic heterocycles. The lowest BCUT2D eigenvalue weighted by atomic mass is 10.0. The van der Waals surface area contributed by atoms with Crippen LogP contribution >= 0.6 is 0 Å². The van der Waals surface area contributed by atoms with Gasteiger partial charge < -0.3 is 5.11 Å². The topological polar surface area (TPSA) is 112 Å². The zero-order valence-electron chi connectivity index (χ0n) is 20.1. The molecule has 0 aliphatic rings. The summed E-state index contributed by atoms with van der Waals surface area (Å²) in [7, 11) is 0. The van der Waals surface area contributed by atoms with E-state index in [2.05, 4.69) is 22.2 Å². The van der Waals surface area contributed by atoms with Crippen molar-refractivity contribution < 1.29 is 14.7 Å². The Morgan fingerprint density at radius 1 is 0.906 bits per heavy atom. The quantitative estimate of drug-likeness (QED) is 0.219. The van der Waals surface area contributed by atoms with Crippen LogP contribution in [0.4, 0.5) is 5.95 Å². The first kappa shape index (κ1) is 27.9. The Bertz CT molecular complexity index is 717. The van der Waals surface area contributed by atoms with E-state index >= 15 is 0 Å². The van der Waals surface area contributed by atoms with Crippen LogP contribution in [-0.2, 0) is 9.59 Å². The molecule has 0 fully saturated rings. The lowest BCUT2D eigenvalue weighted by Gasteiger charge is -2.08. The van der Waals surface area contributed by atoms with Crippen LogP contribution < -0.4 is 10.9 Å². The second-order valence-electron chi connectivity index (χ2n) is 8.83. The molecule has 1 aromatic heterocycles. The van der Waals surface area contributed by atoms with Gasteiger partial charge in [-0.2, -0.15) is 0 Å². The maximum Gasteiger partial charge on any atom is 0.312 e. The lowest BCUT2D eigenvalue weighted by Crippen LogP contribution is -2.21. The van der Waals surface area contributed by atoms with Crippen LogP contribution in [0.3, 0.4) is 0 Å². The van der Waals surface area contributed by atoms with E-state index in [-0.39, 0.29) is 17.5 Å². The summed E-state index contributed by atoms with van der Waals surface area (Å²) in [5, 5.41) is 11.6. The van der Waals surface area contributed by atoms with Gasteiger partial charge in [0.2, 0.25) is 11.9 Å². The minimum atomic E-state index is -1.07. The summed E-state index contributed by atoms with van der Waals surface area (Å²) in [4.78, 5) is 41.3. The predicted octanol–water partition coefficient (Wildman–Crippen LogP) is 6.16. The molecule has 0 aliphatic carbocycles. The maximum atomic E-state index is 12.1. The molecule has 182 valence electrons. The highest BCUT2D eigenvalue weighted by Crippen LogP contribution is 2.14. The number of aromatic amines is 1. The van der Waals surface area contributed by atoms with Crippen molar-refractivity contribution in [2.24, 2.45) is 0 Å². The predicted molar refractivity (Wildman–Crippen MR) is 129 cm³/mol. The third-order valence-electron chi connectivity index (χ3n) is 5.84. The monoisotopic (exact) mass is 449 g/mol. The van der Waals surface area contributed by atoms with Crippen molar-refractivity contribution in [1.29, 1.82) is 0 Å². The van der Waals surface area contributed by atoms with Gasteiger partial charge in [-0.25, -0.2) is 4.98 Å². The van der Waals surface area contributed by atoms with Crippen molar-refractivity contribution in [3.8, 4) is 0 Å². The molecule has 7 nitrogen and oxygen atoms in total. The van der Waals surface area contributed by atoms with Crippen molar-refractivity contribution in [3.05, 3.63) is 22.1 Å². The number of carboxylic acid groups (broad SMARTS) is 1. The number of hydrogen-bond donors (Lipinski definition) is 3. The average Bonchev–Trinajstić information content (AvgIpc) is 2.75. The molecule has 0 aromatic carbocycles. The highest BCUT2D eigenvalue weighted by atomic mass is 16.4. The van der Waals surface area contributed by atoms with Crippen LogP contribution in [0.2, 0.25) is 0 Å². The number of carboxylic acids is 1. The summed E-state index contributed by atoms with van der Waals surface area (Å²) in [6.45, 7) is 3.71. The van der Waals surface area contributed by atoms with Crippen molar-refractivity contribution in [3.63, 3.8) is 0 Å². The zero-order valence-corrected chi connectivity index (χ0v) is 20.1. The van der Waals surface area contributed by atoms with E-state index in [4.69, 9.17) is 5.11 Å². The Morgan fingerprint density at radius 2 is 1.38 bits per heavy atom. The molecule has 0 bridgehead atoms. The smallest absolute Gasteiger partial charge is 0.312 e. The summed E-state index contributed by atoms with van der Waals surface area (Å²) in [6.07, 6.45) is 19.4. The van der Waals surface area contributed by atoms with Crippen LogP contribution in [0.5, 0.6) is 0 Å². The first-order chi connectivity index (χ1) is 15.4. The van der Waals surface area contributed by atoms with Gasteiger partial charge in [-0.05, 0) is 13.3 Å². The van der Waals surface area contributed by atoms with Crippen molar-refractivity contribution in [2.75, 3.05) is 5.32 Å². The number of anilines is 1. The van der Waals surface area contributed by atoms with Gasteiger partial charge in [0, 0.05) is 12.5 Å². The largest absolute Gasteiger partial charge is 0.481 e. The summed E-state index contributed by atoms with van der Waals surface area (Å²) >= 11 is 0. The first-order valence-electron chi connectivity index (χ1n) is 12.6. The molecular formula is C25H43N3O4. The van der Waals surface area contributed by atoms with Gasteiger partial charge in [0.05, 0.1) is 11.6 Å². The van der Waals surface area contributed by atoms with Crippen LogP contribution in [0.1, 0.15) is 128 Å². The normalized spacial score (nSPS) is 11.9. The molecule has 1 unspecified atom stereocenters. The van der Waals surface area contributed by atoms with Crippen molar-refractivity contribution >= 4 is 17.8 Å². The third kappa shape index (κ3) is 13.3. The number of rotatable bonds is 19. The number of carbonyl (C=O) groups is 2. The van der Waals surface area contributed by atoms with Crippen LogP contribution in [0.15, 0.2) is 10.9 Å². The number of H-pyrrole nitrogens is 1. The van der Waals surface area contributed by atoms with Crippen molar-refractivity contribution in [2.45, 2.75) is 122 Å². The molecule has 0 saturated heterocycles. The van der Waals surface area contributed by atoms with Gasteiger partial charge in [-0.15, -0.1) is 0 Å². The second kappa shape index (κ2) is 17.4. The Balaban J connectivity index is 2.04. The number of aromatic nitrogens is 2. The average molecular weight is 450 g/mol. The lowest BCUT2D eigenvalue weighted by molar-refractivity contribution is -0.138. The number of nitrogens with one attached hydrogen (secondary N) is 2. The Hall–Kier alpha value is -2.18. The van der Waals surface area contributed by atoms with E-state index in [9.17, 15) is 14.4 Å². The number of hydrogen-bond acceptors (Lipinski definition) is 4. The van der Waals surface area contributed by atoms with E-state index in [1.54, 1.807) is 0 Å². The fourth-order valence-corrected chi connectivity index (χ4v) is 3.74. The SMILES string of the molecule is CCCCCCCCCCCCCCCCCC(=O)Nc1nc(C(C)C(=O)O)cc(=O)[nH]1. The summed E-state index contributed by atoms with van der Waals surface area (Å²) in [5.74, 6) is -2.20. The third-order valence-corrected chi connectivity index (χ3v) is 5.84. The second-order valence-corrected chi connectivity index (χ2v) is 8.83. The minimum Gasteiger partial charge on any atom is -0.481 e. The molecule has 1 aromatic rings. The van der Waals surface area contributed by atoms with Gasteiger partial charge in [0.15, 0.2) is 0 Å². The highest BCUT2D eigenvalue weighted by molar-refractivity contribution is 5.88. The van der Waals surface area contributed by atoms with Gasteiger partial charge in [0.25, 0.3) is 5.56 Å². The molecule has 7 heteroatoms. The van der Waals surface area contributed by atoms with E-state index in [0.717, 1.165) is 25.3 Å². The minimum absolute atomic E-state index is 0.00607. The fraction of sp³-hybridized carbons (Fsp3) is 0.760. The molecular weight excluding hydrogens is 406 g/mol. The Labute approximate surface area is 192 Å². The number of nitrogens with zero attached hydrogens (tertiary/aromatic N) is 1. The Kier molecular flexibility index (Phi) is 15.1. The van der Waals surface area contributed by atoms with E-state index < -0.39 is 17.4 Å². The molecule has 1 heterocycles. The first-order valence-corrected chi connectivity index (χ1v) is 12.6. The molecule has 32 heavy (non-hydrogen) atoms. The van der Waals surface area contributed by atoms with Gasteiger partial charge in [-0.3, -0.25) is 24.7 Å². The standard InChI is InChI=1S/C25H43N3O4/c1-3-4-5-6-7-8-9-10-11-12-13-14-15-16-17-18-22(29)27-25-26-21(19-23(30)28-25)20(2)24(31)32/h19-20H,3-18H2,1-2H3,(H,31,32)(H2,26,27,28,29,30). The van der Waals surface area contributed by atoms with E-state index in [0.29, 0.717) is 6.42 Å². The van der Waals surface area contributed by atoms with Crippen LogP contribution in [0, 0.1) is 0 Å². The van der Waals surface area contributed by atoms with Gasteiger partial charge in [0.1, 0.15) is 0 Å². The van der Waals surface area contributed by atoms with E-state index in [1.165, 1.54) is 84.0 Å². The molecule has 1 rings (SSSR count). The van der Waals surface area contributed by atoms with Crippen molar-refractivity contribution in [1.82, 2.24) is 9.97 Å². The van der Waals surface area contributed by atoms with Gasteiger partial charge >= 0.3 is 5.97 Å². The maximum absolute atomic E-state index is 12.1. The summed E-state index contributed by atoms with van der Waals surface area (Å²) < 4.78 is 0. The molecule has 1 amide bonds. The van der Waals surface area contributed by atoms with Crippen LogP contribution in [0.25, 0.3) is 0 Å². The number of amides is 1. The number of aliphatic carboxylic acids is 1. The number of unbranched alkanes of at least 4 members (excludes halogenated alkanes) is 14. The van der Waals surface area contributed by atoms with Crippen LogP contribution in [-0.4, -0.2) is 27.0 Å². The van der Waals surface area contributed by atoms with E-state index in [1.807, 2.05) is 0 Å². The summed E-state index contributed by atoms with van der Waals surface area (Å²) in [6, 6.07) is 1.14. The Morgan fingerprint density at radius 3 is 1.84 bits per heavy atom. The number of carbonyl (C=O) groups excluding carboxylic acids is 1. The molecule has 0 spiro atoms. The fourth-order valence-electron chi connectivity index (χ4n) is 3.74. The summed E-state index contributed by atoms with van der Waals surface area (Å²) in [5.41, 5.74) is -0.353. The molecule has 1 atom stereocenters. The highest BCUT2D eigenvalue weighted by Gasteiger charge is 2.17. The zero-order chi connectivity index (χ0) is 23.6. The molecule has 3 N–H and O–H groups in total. The van der Waals surface area contributed by atoms with Gasteiger partial charge in [-0.1, -0.05) is 96.8 Å².